The van der Waals surface area contributed by atoms with Crippen LogP contribution < -0.4 is 24.3 Å². The second-order valence-corrected chi connectivity index (χ2v) is 16.8. The van der Waals surface area contributed by atoms with Crippen LogP contribution in [-0.2, 0) is 14.4 Å². The standard InChI is InChI=1S/C45H61N3O10/c1-8-23-55-45-39(48(5)42(51)28-15-16-28)27-36(47-58-44(2,3)4)33-24-29(13-9-11-21-49)32(14-10-12-22-50)40(41(33)45)34-25-31(18-20-37(34)57-45)56-43(52)46-35-19-17-30(53-6)26-38(35)54-7/h8,17-20,24-26,28-29,32,39-41,49-50H,1,9-16,21-23,27H2,2-7H3,(H,46,52). The summed E-state index contributed by atoms with van der Waals surface area (Å²) in [6.07, 6.45) is 9.81. The van der Waals surface area contributed by atoms with Crippen molar-refractivity contribution in [3.8, 4) is 23.0 Å². The number of hydrogen-bond donors (Lipinski definition) is 3. The number of aliphatic hydroxyl groups excluding tert-OH is 2. The summed E-state index contributed by atoms with van der Waals surface area (Å²) >= 11 is 0. The summed E-state index contributed by atoms with van der Waals surface area (Å²) < 4.78 is 30.9. The minimum atomic E-state index is -1.34. The van der Waals surface area contributed by atoms with Gasteiger partial charge in [-0.05, 0) is 107 Å². The first-order valence-electron chi connectivity index (χ1n) is 20.6. The number of likely N-dealkylation sites (N-methyl/N-ethyl adjacent to an activating group) is 1. The number of carbonyl (C=O) groups excluding carboxylic acids is 2. The molecule has 316 valence electrons. The highest BCUT2D eigenvalue weighted by Gasteiger charge is 2.65. The predicted octanol–water partition coefficient (Wildman–Crippen LogP) is 7.62. The van der Waals surface area contributed by atoms with Crippen molar-refractivity contribution < 1.29 is 48.3 Å². The van der Waals surface area contributed by atoms with E-state index in [-0.39, 0.29) is 49.4 Å². The molecule has 6 rings (SSSR count). The van der Waals surface area contributed by atoms with Crippen LogP contribution >= 0.6 is 0 Å². The molecule has 2 aromatic rings. The van der Waals surface area contributed by atoms with Crippen molar-refractivity contribution >= 4 is 23.4 Å². The van der Waals surface area contributed by atoms with Crippen molar-refractivity contribution in [2.75, 3.05) is 46.4 Å². The van der Waals surface area contributed by atoms with Gasteiger partial charge in [0.25, 0.3) is 0 Å². The third-order valence-electron chi connectivity index (χ3n) is 11.7. The summed E-state index contributed by atoms with van der Waals surface area (Å²) in [6.45, 7) is 10.2. The van der Waals surface area contributed by atoms with Gasteiger partial charge in [-0.1, -0.05) is 30.1 Å². The highest BCUT2D eigenvalue weighted by Crippen LogP contribution is 2.62. The highest BCUT2D eigenvalue weighted by molar-refractivity contribution is 6.03. The predicted molar refractivity (Wildman–Crippen MR) is 220 cm³/mol. The summed E-state index contributed by atoms with van der Waals surface area (Å²) in [6, 6.07) is 9.88. The van der Waals surface area contributed by atoms with Gasteiger partial charge in [-0.2, -0.15) is 0 Å². The number of anilines is 1. The van der Waals surface area contributed by atoms with Crippen LogP contribution in [0.25, 0.3) is 0 Å². The number of methoxy groups -OCH3 is 2. The Morgan fingerprint density at radius 1 is 1.02 bits per heavy atom. The van der Waals surface area contributed by atoms with Crippen LogP contribution in [0.2, 0.25) is 0 Å². The van der Waals surface area contributed by atoms with E-state index in [1.54, 1.807) is 42.4 Å². The lowest BCUT2D eigenvalue weighted by Crippen LogP contribution is -2.69. The van der Waals surface area contributed by atoms with E-state index < -0.39 is 29.4 Å². The molecule has 0 bridgehead atoms. The molecule has 0 radical (unpaired) electrons. The van der Waals surface area contributed by atoms with Gasteiger partial charge in [-0.15, -0.1) is 6.58 Å². The smallest absolute Gasteiger partial charge is 0.417 e. The summed E-state index contributed by atoms with van der Waals surface area (Å²) in [5, 5.41) is 27.4. The first kappa shape index (κ1) is 43.0. The largest absolute Gasteiger partial charge is 0.497 e. The van der Waals surface area contributed by atoms with Crippen LogP contribution in [0.15, 0.2) is 65.9 Å². The third-order valence-corrected chi connectivity index (χ3v) is 11.7. The summed E-state index contributed by atoms with van der Waals surface area (Å²) in [5.41, 5.74) is 2.35. The van der Waals surface area contributed by atoms with Crippen molar-refractivity contribution in [2.45, 2.75) is 102 Å². The summed E-state index contributed by atoms with van der Waals surface area (Å²) in [4.78, 5) is 35.4. The summed E-state index contributed by atoms with van der Waals surface area (Å²) in [7, 11) is 4.90. The number of rotatable bonds is 18. The molecular formula is C45H61N3O10. The number of nitrogens with one attached hydrogen (secondary N) is 1. The fourth-order valence-electron chi connectivity index (χ4n) is 8.90. The van der Waals surface area contributed by atoms with Crippen molar-refractivity contribution in [3.05, 3.63) is 66.3 Å². The summed E-state index contributed by atoms with van der Waals surface area (Å²) in [5.74, 6) is -0.111. The zero-order valence-corrected chi connectivity index (χ0v) is 34.8. The maximum absolute atomic E-state index is 14.0. The average Bonchev–Trinajstić information content (AvgIpc) is 4.06. The van der Waals surface area contributed by atoms with Crippen LogP contribution in [0.1, 0.15) is 90.0 Å². The van der Waals surface area contributed by atoms with Crippen LogP contribution in [0, 0.1) is 23.7 Å². The van der Waals surface area contributed by atoms with Crippen molar-refractivity contribution in [1.82, 2.24) is 4.90 Å². The zero-order chi connectivity index (χ0) is 41.6. The molecule has 0 saturated heterocycles. The quantitative estimate of drug-likeness (QED) is 0.0779. The number of fused-ring (bicyclic) bond motifs is 2. The Hall–Kier alpha value is -4.59. The molecule has 13 heteroatoms. The van der Waals surface area contributed by atoms with Gasteiger partial charge in [-0.3, -0.25) is 10.1 Å². The zero-order valence-electron chi connectivity index (χ0n) is 34.8. The molecule has 1 heterocycles. The Labute approximate surface area is 342 Å². The van der Waals surface area contributed by atoms with Gasteiger partial charge in [0.05, 0.1) is 38.1 Å². The molecule has 0 aromatic heterocycles. The Morgan fingerprint density at radius 2 is 1.74 bits per heavy atom. The van der Waals surface area contributed by atoms with Crippen molar-refractivity contribution in [2.24, 2.45) is 28.8 Å². The van der Waals surface area contributed by atoms with Gasteiger partial charge in [0.2, 0.25) is 11.7 Å². The molecule has 2 fully saturated rings. The first-order chi connectivity index (χ1) is 27.9. The molecule has 6 unspecified atom stereocenters. The van der Waals surface area contributed by atoms with Crippen molar-refractivity contribution in [3.63, 3.8) is 0 Å². The second-order valence-electron chi connectivity index (χ2n) is 16.8. The Morgan fingerprint density at radius 3 is 2.40 bits per heavy atom. The van der Waals surface area contributed by atoms with Crippen LogP contribution in [-0.4, -0.2) is 91.3 Å². The molecule has 1 aliphatic heterocycles. The Bertz CT molecular complexity index is 1850. The van der Waals surface area contributed by atoms with Crippen LogP contribution in [0.3, 0.4) is 0 Å². The fraction of sp³-hybridized carbons (Fsp3) is 0.578. The number of unbranched alkanes of at least 4 members (excludes halogenated alkanes) is 2. The minimum Gasteiger partial charge on any atom is -0.497 e. The van der Waals surface area contributed by atoms with E-state index in [0.29, 0.717) is 47.9 Å². The van der Waals surface area contributed by atoms with Gasteiger partial charge < -0.3 is 43.6 Å². The number of benzene rings is 2. The lowest BCUT2D eigenvalue weighted by Gasteiger charge is -2.59. The molecule has 58 heavy (non-hydrogen) atoms. The molecular weight excluding hydrogens is 743 g/mol. The molecule has 3 N–H and O–H groups in total. The fourth-order valence-corrected chi connectivity index (χ4v) is 8.90. The monoisotopic (exact) mass is 803 g/mol. The molecule has 2 saturated carbocycles. The highest BCUT2D eigenvalue weighted by atomic mass is 16.7. The Kier molecular flexibility index (Phi) is 13.8. The van der Waals surface area contributed by atoms with E-state index in [9.17, 15) is 19.8 Å². The van der Waals surface area contributed by atoms with E-state index in [4.69, 9.17) is 33.7 Å². The number of hydrogen-bond acceptors (Lipinski definition) is 11. The molecule has 13 nitrogen and oxygen atoms in total. The van der Waals surface area contributed by atoms with E-state index in [2.05, 4.69) is 18.0 Å². The third kappa shape index (κ3) is 9.32. The SMILES string of the molecule is C=CCOC12Oc3ccc(OC(=O)Nc4ccc(OC)cc4OC)cc3C3C(CCCCO)C(CCCCO)C=C(C(=NOC(C)(C)C)CC1N(C)C(=O)C1CC1)C32. The maximum atomic E-state index is 14.0. The molecule has 3 aliphatic carbocycles. The van der Waals surface area contributed by atoms with Gasteiger partial charge in [0.15, 0.2) is 0 Å². The number of aliphatic hydroxyl groups is 2. The molecule has 4 aliphatic rings. The topological polar surface area (TPSA) is 158 Å². The molecule has 6 atom stereocenters. The number of nitrogens with zero attached hydrogens (tertiary/aromatic N) is 2. The van der Waals surface area contributed by atoms with Gasteiger partial charge in [0.1, 0.15) is 34.6 Å². The van der Waals surface area contributed by atoms with Gasteiger partial charge >= 0.3 is 6.09 Å². The maximum Gasteiger partial charge on any atom is 0.417 e. The normalized spacial score (nSPS) is 25.3. The second kappa shape index (κ2) is 18.6. The van der Waals surface area contributed by atoms with Crippen molar-refractivity contribution in [1.29, 1.82) is 0 Å². The Balaban J connectivity index is 1.50. The van der Waals surface area contributed by atoms with Crippen LogP contribution in [0.4, 0.5) is 10.5 Å². The number of oxime groups is 1. The molecule has 2 aromatic carbocycles. The van der Waals surface area contributed by atoms with Gasteiger partial charge in [0, 0.05) is 50.1 Å². The number of amides is 2. The lowest BCUT2D eigenvalue weighted by atomic mass is 9.55. The first-order valence-corrected chi connectivity index (χ1v) is 20.6. The number of carbonyl (C=O) groups is 2. The number of ether oxygens (including phenoxy) is 5. The molecule has 2 amide bonds. The van der Waals surface area contributed by atoms with E-state index >= 15 is 0 Å². The van der Waals surface area contributed by atoms with E-state index in [0.717, 1.165) is 55.4 Å². The number of allylic oxidation sites excluding steroid dienone is 1. The van der Waals surface area contributed by atoms with Crippen LogP contribution in [0.5, 0.6) is 23.0 Å². The van der Waals surface area contributed by atoms with E-state index in [1.807, 2.05) is 40.0 Å². The minimum absolute atomic E-state index is 0.0222. The lowest BCUT2D eigenvalue weighted by molar-refractivity contribution is -0.256. The van der Waals surface area contributed by atoms with Gasteiger partial charge in [-0.25, -0.2) is 4.79 Å². The van der Waals surface area contributed by atoms with E-state index in [1.165, 1.54) is 7.11 Å². The molecule has 0 spiro atoms. The average molecular weight is 804 g/mol.